The first-order chi connectivity index (χ1) is 26.9. The lowest BCUT2D eigenvalue weighted by atomic mass is 9.99. The van der Waals surface area contributed by atoms with Crippen LogP contribution < -0.4 is 0 Å². The summed E-state index contributed by atoms with van der Waals surface area (Å²) < 4.78 is 51.2. The molecule has 0 aliphatic carbocycles. The Balaban J connectivity index is 1.18. The first-order valence-electron chi connectivity index (χ1n) is 18.8. The quantitative estimate of drug-likeness (QED) is 0.187. The van der Waals surface area contributed by atoms with Crippen molar-refractivity contribution >= 4 is 43.7 Å². The van der Waals surface area contributed by atoms with Gasteiger partial charge >= 0.3 is 0 Å². The molecule has 0 radical (unpaired) electrons. The van der Waals surface area contributed by atoms with E-state index in [0.29, 0.717) is 34.2 Å². The van der Waals surface area contributed by atoms with Crippen LogP contribution in [-0.2, 0) is 0 Å². The predicted molar refractivity (Wildman–Crippen MR) is 203 cm³/mol. The summed E-state index contributed by atoms with van der Waals surface area (Å²) in [5.41, 5.74) is 7.24. The van der Waals surface area contributed by atoms with Gasteiger partial charge in [0.05, 0.1) is 23.5 Å². The maximum absolute atomic E-state index is 8.76. The van der Waals surface area contributed by atoms with Crippen molar-refractivity contribution in [2.75, 3.05) is 0 Å². The molecular weight excluding hydrogens is 613 g/mol. The Morgan fingerprint density at radius 2 is 1.10 bits per heavy atom. The van der Waals surface area contributed by atoms with Crippen LogP contribution in [0.25, 0.3) is 94.7 Å². The minimum atomic E-state index is -0.416. The molecule has 0 fully saturated rings. The highest BCUT2D eigenvalue weighted by Gasteiger charge is 2.20. The third kappa shape index (κ3) is 4.52. The van der Waals surface area contributed by atoms with Crippen molar-refractivity contribution in [3.63, 3.8) is 0 Å². The smallest absolute Gasteiger partial charge is 0.167 e. The lowest BCUT2D eigenvalue weighted by molar-refractivity contribution is 0.669. The lowest BCUT2D eigenvalue weighted by Crippen LogP contribution is -2.00. The molecule has 0 amide bonds. The van der Waals surface area contributed by atoms with Crippen LogP contribution in [0, 0.1) is 0 Å². The summed E-state index contributed by atoms with van der Waals surface area (Å²) in [5.74, 6) is 1.63. The standard InChI is InChI=1S/C45H28N4O/c1-4-14-29(15-5-1)33-21-13-25-39-41(33)35-20-10-11-24-38(35)49(39)32-26-27-40-37(28-32)34-22-12-23-36(42(34)50-40)45-47-43(30-16-6-2-7-17-30)46-44(48-45)31-18-8-3-9-19-31/h1-28H/i1D,4D,5D,14D,15D. The van der Waals surface area contributed by atoms with E-state index in [0.717, 1.165) is 55.0 Å². The van der Waals surface area contributed by atoms with Crippen LogP contribution in [0.2, 0.25) is 0 Å². The third-order valence-corrected chi connectivity index (χ3v) is 9.15. The van der Waals surface area contributed by atoms with E-state index in [4.69, 9.17) is 26.2 Å². The number of furan rings is 1. The molecule has 10 aromatic rings. The summed E-state index contributed by atoms with van der Waals surface area (Å²) in [6, 6.07) is 43.9. The highest BCUT2D eigenvalue weighted by Crippen LogP contribution is 2.41. The van der Waals surface area contributed by atoms with E-state index < -0.39 is 6.04 Å². The topological polar surface area (TPSA) is 56.7 Å². The summed E-state index contributed by atoms with van der Waals surface area (Å²) in [6.07, 6.45) is 0. The highest BCUT2D eigenvalue weighted by molar-refractivity contribution is 6.16. The molecule has 0 N–H and O–H groups in total. The maximum atomic E-state index is 8.76. The van der Waals surface area contributed by atoms with Crippen molar-refractivity contribution in [2.45, 2.75) is 0 Å². The fourth-order valence-corrected chi connectivity index (χ4v) is 6.92. The molecule has 3 aromatic heterocycles. The van der Waals surface area contributed by atoms with Crippen LogP contribution in [0.1, 0.15) is 6.85 Å². The van der Waals surface area contributed by atoms with E-state index in [1.165, 1.54) is 0 Å². The largest absolute Gasteiger partial charge is 0.455 e. The fraction of sp³-hybridized carbons (Fsp3) is 0. The van der Waals surface area contributed by atoms with Gasteiger partial charge in [-0.2, -0.15) is 0 Å². The number of benzene rings is 7. The molecule has 0 spiro atoms. The summed E-state index contributed by atoms with van der Waals surface area (Å²) in [4.78, 5) is 14.8. The van der Waals surface area contributed by atoms with Crippen LogP contribution >= 0.6 is 0 Å². The Hall–Kier alpha value is -6.85. The Labute approximate surface area is 294 Å². The molecule has 234 valence electrons. The van der Waals surface area contributed by atoms with Crippen LogP contribution in [-0.4, -0.2) is 19.5 Å². The minimum Gasteiger partial charge on any atom is -0.455 e. The summed E-state index contributed by atoms with van der Waals surface area (Å²) in [5, 5.41) is 3.51. The summed E-state index contributed by atoms with van der Waals surface area (Å²) in [7, 11) is 0. The second-order valence-electron chi connectivity index (χ2n) is 12.1. The Bertz CT molecular complexity index is 3070. The van der Waals surface area contributed by atoms with E-state index in [2.05, 4.69) is 10.6 Å². The Kier molecular flexibility index (Phi) is 5.35. The van der Waals surface area contributed by atoms with Gasteiger partial charge in [0.2, 0.25) is 0 Å². The molecular formula is C45H28N4O. The first kappa shape index (κ1) is 23.5. The average Bonchev–Trinajstić information content (AvgIpc) is 3.78. The molecule has 0 atom stereocenters. The molecule has 0 saturated carbocycles. The molecule has 7 aromatic carbocycles. The normalized spacial score (nSPS) is 13.0. The van der Waals surface area contributed by atoms with Crippen LogP contribution in [0.3, 0.4) is 0 Å². The number of fused-ring (bicyclic) bond motifs is 6. The zero-order chi connectivity index (χ0) is 37.4. The number of hydrogen-bond donors (Lipinski definition) is 0. The molecule has 0 bridgehead atoms. The Morgan fingerprint density at radius 1 is 0.480 bits per heavy atom. The summed E-state index contributed by atoms with van der Waals surface area (Å²) >= 11 is 0. The van der Waals surface area contributed by atoms with Gasteiger partial charge in [0.25, 0.3) is 0 Å². The van der Waals surface area contributed by atoms with Crippen molar-refractivity contribution in [1.29, 1.82) is 0 Å². The minimum absolute atomic E-state index is 0.174. The molecule has 50 heavy (non-hydrogen) atoms. The van der Waals surface area contributed by atoms with E-state index in [1.807, 2.05) is 133 Å². The van der Waals surface area contributed by atoms with E-state index in [1.54, 1.807) is 0 Å². The lowest BCUT2D eigenvalue weighted by Gasteiger charge is -2.09. The third-order valence-electron chi connectivity index (χ3n) is 9.15. The summed E-state index contributed by atoms with van der Waals surface area (Å²) in [6.45, 7) is 0. The van der Waals surface area contributed by atoms with Crippen molar-refractivity contribution < 1.29 is 11.3 Å². The van der Waals surface area contributed by atoms with Crippen LogP contribution in [0.5, 0.6) is 0 Å². The number of rotatable bonds is 5. The molecule has 0 unspecified atom stereocenters. The van der Waals surface area contributed by atoms with Gasteiger partial charge in [-0.25, -0.2) is 15.0 Å². The van der Waals surface area contributed by atoms with Gasteiger partial charge in [0, 0.05) is 38.4 Å². The SMILES string of the molecule is [2H]c1c([2H])c([2H])c(-c2cccc3c2c2ccccc2n3-c2ccc3oc4c(-c5nc(-c6ccccc6)nc(-c6ccccc6)n5)cccc4c3c2)c([2H])c1[2H]. The van der Waals surface area contributed by atoms with E-state index >= 15 is 0 Å². The number of nitrogens with zero attached hydrogens (tertiary/aromatic N) is 4. The van der Waals surface area contributed by atoms with Gasteiger partial charge in [0.15, 0.2) is 17.5 Å². The van der Waals surface area contributed by atoms with E-state index in [-0.39, 0.29) is 29.7 Å². The number of aromatic nitrogens is 4. The molecule has 0 saturated heterocycles. The van der Waals surface area contributed by atoms with Gasteiger partial charge in [-0.15, -0.1) is 0 Å². The first-order valence-corrected chi connectivity index (χ1v) is 16.3. The maximum Gasteiger partial charge on any atom is 0.167 e. The van der Waals surface area contributed by atoms with Gasteiger partial charge in [-0.3, -0.25) is 0 Å². The second kappa shape index (κ2) is 11.4. The molecule has 5 nitrogen and oxygen atoms in total. The highest BCUT2D eigenvalue weighted by atomic mass is 16.3. The van der Waals surface area contributed by atoms with Crippen molar-refractivity contribution in [3.8, 4) is 51.0 Å². The van der Waals surface area contributed by atoms with Crippen molar-refractivity contribution in [3.05, 3.63) is 170 Å². The molecule has 0 aliphatic rings. The monoisotopic (exact) mass is 645 g/mol. The zero-order valence-electron chi connectivity index (χ0n) is 31.5. The van der Waals surface area contributed by atoms with Gasteiger partial charge in [-0.05, 0) is 47.5 Å². The van der Waals surface area contributed by atoms with Crippen LogP contribution in [0.4, 0.5) is 0 Å². The fourth-order valence-electron chi connectivity index (χ4n) is 6.92. The van der Waals surface area contributed by atoms with Gasteiger partial charge in [0.1, 0.15) is 11.2 Å². The van der Waals surface area contributed by atoms with Crippen molar-refractivity contribution in [1.82, 2.24) is 19.5 Å². The zero-order valence-corrected chi connectivity index (χ0v) is 26.5. The Morgan fingerprint density at radius 3 is 1.86 bits per heavy atom. The van der Waals surface area contributed by atoms with E-state index in [9.17, 15) is 0 Å². The molecule has 5 heteroatoms. The van der Waals surface area contributed by atoms with Crippen LogP contribution in [0.15, 0.2) is 174 Å². The molecule has 10 rings (SSSR count). The predicted octanol–water partition coefficient (Wildman–Crippen LogP) is 11.5. The number of hydrogen-bond acceptors (Lipinski definition) is 4. The van der Waals surface area contributed by atoms with Crippen molar-refractivity contribution in [2.24, 2.45) is 0 Å². The van der Waals surface area contributed by atoms with Gasteiger partial charge < -0.3 is 8.98 Å². The van der Waals surface area contributed by atoms with Gasteiger partial charge in [-0.1, -0.05) is 133 Å². The second-order valence-corrected chi connectivity index (χ2v) is 12.1. The average molecular weight is 646 g/mol. The number of para-hydroxylation sites is 2. The molecule has 3 heterocycles. The molecule has 0 aliphatic heterocycles.